The third-order valence-electron chi connectivity index (χ3n) is 7.34. The maximum atomic E-state index is 13.5. The lowest BCUT2D eigenvalue weighted by molar-refractivity contribution is -0.123. The molecule has 1 aliphatic heterocycles. The van der Waals surface area contributed by atoms with Gasteiger partial charge in [-0.1, -0.05) is 32.1 Å². The molecule has 1 saturated carbocycles. The molecule has 1 fully saturated rings. The number of sulfonamides is 1. The van der Waals surface area contributed by atoms with Crippen molar-refractivity contribution in [2.45, 2.75) is 62.1 Å². The summed E-state index contributed by atoms with van der Waals surface area (Å²) in [5.74, 6) is -0.222. The van der Waals surface area contributed by atoms with Crippen LogP contribution >= 0.6 is 22.7 Å². The topological polar surface area (TPSA) is 91.4 Å². The zero-order chi connectivity index (χ0) is 26.7. The number of aromatic nitrogens is 1. The molecule has 1 unspecified atom stereocenters. The van der Waals surface area contributed by atoms with E-state index in [1.165, 1.54) is 23.8 Å². The molecule has 0 radical (unpaired) electrons. The summed E-state index contributed by atoms with van der Waals surface area (Å²) < 4.78 is 43.1. The number of nitrogens with zero attached hydrogens (tertiary/aromatic N) is 2. The highest BCUT2D eigenvalue weighted by molar-refractivity contribution is 7.91. The number of fused-ring (bicyclic) bond motifs is 1. The Morgan fingerprint density at radius 3 is 2.79 bits per heavy atom. The average Bonchev–Trinajstić information content (AvgIpc) is 3.64. The first-order chi connectivity index (χ1) is 18.3. The molecular weight excluding hydrogens is 544 g/mol. The minimum Gasteiger partial charge on any atom is -0.369 e. The third-order valence-corrected chi connectivity index (χ3v) is 11.2. The maximum Gasteiger partial charge on any atom is 0.250 e. The molecule has 5 rings (SSSR count). The summed E-state index contributed by atoms with van der Waals surface area (Å²) in [6, 6.07) is 7.31. The number of halogens is 1. The number of carbonyl (C=O) groups excluding carboxylic acids is 1. The highest BCUT2D eigenvalue weighted by Crippen LogP contribution is 2.33. The lowest BCUT2D eigenvalue weighted by atomic mass is 9.85. The summed E-state index contributed by atoms with van der Waals surface area (Å²) in [5, 5.41) is 5.80. The number of amides is 1. The Kier molecular flexibility index (Phi) is 8.47. The zero-order valence-electron chi connectivity index (χ0n) is 21.4. The van der Waals surface area contributed by atoms with Crippen LogP contribution in [0.5, 0.6) is 0 Å². The van der Waals surface area contributed by atoms with Gasteiger partial charge in [-0.15, -0.1) is 22.7 Å². The molecule has 11 heteroatoms. The van der Waals surface area contributed by atoms with Crippen LogP contribution in [0.15, 0.2) is 39.9 Å². The number of anilines is 1. The molecule has 2 aliphatic rings. The van der Waals surface area contributed by atoms with Crippen LogP contribution in [0.25, 0.3) is 10.6 Å². The second-order valence-electron chi connectivity index (χ2n) is 10.1. The lowest BCUT2D eigenvalue weighted by Gasteiger charge is -2.27. The number of thiophene rings is 1. The van der Waals surface area contributed by atoms with Gasteiger partial charge in [-0.2, -0.15) is 4.72 Å². The molecule has 1 aromatic carbocycles. The Hall–Kier alpha value is -2.34. The molecule has 7 nitrogen and oxygen atoms in total. The number of thiazole rings is 1. The smallest absolute Gasteiger partial charge is 0.250 e. The summed E-state index contributed by atoms with van der Waals surface area (Å²) in [6.45, 7) is 3.64. The number of hydrogen-bond acceptors (Lipinski definition) is 7. The predicted octanol–water partition coefficient (Wildman–Crippen LogP) is 5.12. The van der Waals surface area contributed by atoms with Gasteiger partial charge < -0.3 is 10.2 Å². The average molecular weight is 577 g/mol. The number of nitrogens with one attached hydrogen (secondary N) is 2. The Labute approximate surface area is 231 Å². The fourth-order valence-electron chi connectivity index (χ4n) is 5.40. The van der Waals surface area contributed by atoms with Gasteiger partial charge >= 0.3 is 0 Å². The quantitative estimate of drug-likeness (QED) is 0.350. The van der Waals surface area contributed by atoms with Crippen LogP contribution < -0.4 is 14.9 Å². The lowest BCUT2D eigenvalue weighted by Crippen LogP contribution is -2.49. The molecule has 3 aromatic rings. The molecule has 38 heavy (non-hydrogen) atoms. The van der Waals surface area contributed by atoms with Gasteiger partial charge in [-0.05, 0) is 61.6 Å². The molecule has 204 valence electrons. The van der Waals surface area contributed by atoms with Gasteiger partial charge in [0.2, 0.25) is 5.91 Å². The molecule has 1 aliphatic carbocycles. The van der Waals surface area contributed by atoms with E-state index in [9.17, 15) is 17.6 Å². The van der Waals surface area contributed by atoms with E-state index < -0.39 is 16.1 Å². The number of aryl methyl sites for hydroxylation is 1. The van der Waals surface area contributed by atoms with Gasteiger partial charge in [0.15, 0.2) is 0 Å². The SMILES string of the molecule is Cc1nc(-c2ccc(S(=O)(=O)NC(CC3CCCCC3)C(=O)NCCN3CCc4cc(F)ccc43)s2)cs1. The molecule has 1 atom stereocenters. The van der Waals surface area contributed by atoms with Crippen molar-refractivity contribution >= 4 is 44.3 Å². The minimum absolute atomic E-state index is 0.181. The van der Waals surface area contributed by atoms with Gasteiger partial charge in [0, 0.05) is 30.7 Å². The molecule has 2 N–H and O–H groups in total. The monoisotopic (exact) mass is 576 g/mol. The summed E-state index contributed by atoms with van der Waals surface area (Å²) in [4.78, 5) is 20.7. The van der Waals surface area contributed by atoms with Crippen molar-refractivity contribution in [1.82, 2.24) is 15.0 Å². The Morgan fingerprint density at radius 2 is 2.03 bits per heavy atom. The number of rotatable bonds is 10. The molecule has 0 bridgehead atoms. The van der Waals surface area contributed by atoms with Crippen LogP contribution in [-0.4, -0.2) is 45.0 Å². The van der Waals surface area contributed by atoms with Crippen LogP contribution in [0.3, 0.4) is 0 Å². The Balaban J connectivity index is 1.25. The molecule has 3 heterocycles. The zero-order valence-corrected chi connectivity index (χ0v) is 23.9. The molecule has 0 spiro atoms. The molecule has 0 saturated heterocycles. The maximum absolute atomic E-state index is 13.5. The third kappa shape index (κ3) is 6.44. The first-order valence-electron chi connectivity index (χ1n) is 13.1. The van der Waals surface area contributed by atoms with E-state index in [1.807, 2.05) is 12.3 Å². The Morgan fingerprint density at radius 1 is 1.21 bits per heavy atom. The van der Waals surface area contributed by atoms with E-state index in [0.29, 0.717) is 25.4 Å². The molecule has 2 aromatic heterocycles. The van der Waals surface area contributed by atoms with Crippen LogP contribution in [0.2, 0.25) is 0 Å². The highest BCUT2D eigenvalue weighted by Gasteiger charge is 2.30. The largest absolute Gasteiger partial charge is 0.369 e. The fraction of sp³-hybridized carbons (Fsp3) is 0.481. The van der Waals surface area contributed by atoms with Crippen molar-refractivity contribution in [2.75, 3.05) is 24.5 Å². The molecule has 1 amide bonds. The van der Waals surface area contributed by atoms with E-state index in [-0.39, 0.29) is 15.9 Å². The van der Waals surface area contributed by atoms with Crippen molar-refractivity contribution in [3.63, 3.8) is 0 Å². The van der Waals surface area contributed by atoms with Crippen LogP contribution in [-0.2, 0) is 21.2 Å². The van der Waals surface area contributed by atoms with Gasteiger partial charge in [-0.3, -0.25) is 4.79 Å². The summed E-state index contributed by atoms with van der Waals surface area (Å²) in [5.41, 5.74) is 2.73. The summed E-state index contributed by atoms with van der Waals surface area (Å²) >= 11 is 2.68. The van der Waals surface area contributed by atoms with Crippen molar-refractivity contribution in [3.8, 4) is 10.6 Å². The normalized spacial score (nSPS) is 16.9. The van der Waals surface area contributed by atoms with Gasteiger partial charge in [0.25, 0.3) is 10.0 Å². The van der Waals surface area contributed by atoms with Crippen molar-refractivity contribution in [3.05, 3.63) is 52.1 Å². The van der Waals surface area contributed by atoms with E-state index in [2.05, 4.69) is 19.9 Å². The van der Waals surface area contributed by atoms with E-state index in [4.69, 9.17) is 0 Å². The van der Waals surface area contributed by atoms with Gasteiger partial charge in [-0.25, -0.2) is 17.8 Å². The van der Waals surface area contributed by atoms with Gasteiger partial charge in [0.1, 0.15) is 16.1 Å². The van der Waals surface area contributed by atoms with E-state index in [0.717, 1.165) is 76.8 Å². The fourth-order valence-corrected chi connectivity index (χ4v) is 8.58. The van der Waals surface area contributed by atoms with Crippen molar-refractivity contribution in [1.29, 1.82) is 0 Å². The second-order valence-corrected chi connectivity index (χ2v) is 14.2. The standard InChI is InChI=1S/C27H33FN4O3S3/c1-18-30-23(17-36-18)25-9-10-26(37-25)38(34,35)31-22(15-19-5-3-2-4-6-19)27(33)29-12-14-32-13-11-20-16-21(28)7-8-24(20)32/h7-10,16-17,19,22,31H,2-6,11-15H2,1H3,(H,29,33). The van der Waals surface area contributed by atoms with Gasteiger partial charge in [0.05, 0.1) is 15.6 Å². The number of carbonyl (C=O) groups is 1. The van der Waals surface area contributed by atoms with E-state index >= 15 is 0 Å². The summed E-state index contributed by atoms with van der Waals surface area (Å²) in [7, 11) is -3.88. The predicted molar refractivity (Wildman–Crippen MR) is 151 cm³/mol. The van der Waals surface area contributed by atoms with E-state index in [1.54, 1.807) is 24.3 Å². The van der Waals surface area contributed by atoms with Crippen molar-refractivity contribution < 1.29 is 17.6 Å². The summed E-state index contributed by atoms with van der Waals surface area (Å²) in [6.07, 6.45) is 6.70. The second kappa shape index (κ2) is 11.8. The molecular formula is C27H33FN4O3S3. The Bertz CT molecular complexity index is 1380. The number of hydrogen-bond donors (Lipinski definition) is 2. The van der Waals surface area contributed by atoms with Crippen LogP contribution in [0, 0.1) is 18.7 Å². The number of benzene rings is 1. The first-order valence-corrected chi connectivity index (χ1v) is 16.3. The van der Waals surface area contributed by atoms with Crippen LogP contribution in [0.1, 0.15) is 49.1 Å². The van der Waals surface area contributed by atoms with Crippen molar-refractivity contribution in [2.24, 2.45) is 5.92 Å². The highest BCUT2D eigenvalue weighted by atomic mass is 32.2. The first kappa shape index (κ1) is 27.2. The van der Waals surface area contributed by atoms with Crippen LogP contribution in [0.4, 0.5) is 10.1 Å². The minimum atomic E-state index is -3.88.